The fourth-order valence-electron chi connectivity index (χ4n) is 2.55. The van der Waals surface area contributed by atoms with Gasteiger partial charge >= 0.3 is 0 Å². The minimum absolute atomic E-state index is 0.264. The highest BCUT2D eigenvalue weighted by Crippen LogP contribution is 2.25. The van der Waals surface area contributed by atoms with Crippen molar-refractivity contribution >= 4 is 0 Å². The minimum atomic E-state index is 0.264. The van der Waals surface area contributed by atoms with Gasteiger partial charge in [-0.1, -0.05) is 19.8 Å². The first-order valence-corrected chi connectivity index (χ1v) is 6.87. The van der Waals surface area contributed by atoms with Gasteiger partial charge in [0, 0.05) is 17.6 Å². The van der Waals surface area contributed by atoms with E-state index in [1.54, 1.807) is 0 Å². The summed E-state index contributed by atoms with van der Waals surface area (Å²) in [6, 6.07) is 0. The fourth-order valence-corrected chi connectivity index (χ4v) is 2.55. The van der Waals surface area contributed by atoms with Crippen molar-refractivity contribution in [1.29, 1.82) is 0 Å². The SMILES string of the molecule is CCCCCN1CC(C)(C)NCCC1(C)C. The highest BCUT2D eigenvalue weighted by Gasteiger charge is 2.34. The third kappa shape index (κ3) is 4.06. The molecule has 0 aromatic rings. The second-order valence-electron chi connectivity index (χ2n) is 6.50. The molecular formula is C14H30N2. The lowest BCUT2D eigenvalue weighted by Gasteiger charge is -2.39. The van der Waals surface area contributed by atoms with Crippen molar-refractivity contribution in [3.8, 4) is 0 Å². The lowest BCUT2D eigenvalue weighted by atomic mass is 9.97. The zero-order valence-electron chi connectivity index (χ0n) is 11.9. The molecule has 16 heavy (non-hydrogen) atoms. The Kier molecular flexibility index (Phi) is 4.81. The molecule has 96 valence electrons. The van der Waals surface area contributed by atoms with E-state index in [-0.39, 0.29) is 5.54 Å². The van der Waals surface area contributed by atoms with E-state index in [0.717, 1.165) is 6.54 Å². The lowest BCUT2D eigenvalue weighted by molar-refractivity contribution is 0.104. The van der Waals surface area contributed by atoms with Crippen LogP contribution in [0.1, 0.15) is 60.3 Å². The molecule has 1 aliphatic heterocycles. The van der Waals surface area contributed by atoms with Crippen molar-refractivity contribution in [3.63, 3.8) is 0 Å². The molecule has 1 aliphatic rings. The van der Waals surface area contributed by atoms with E-state index in [4.69, 9.17) is 0 Å². The maximum Gasteiger partial charge on any atom is 0.0252 e. The van der Waals surface area contributed by atoms with Crippen LogP contribution in [0.25, 0.3) is 0 Å². The predicted molar refractivity (Wildman–Crippen MR) is 71.9 cm³/mol. The van der Waals surface area contributed by atoms with Crippen LogP contribution in [-0.4, -0.2) is 35.6 Å². The number of unbranched alkanes of at least 4 members (excludes halogenated alkanes) is 2. The van der Waals surface area contributed by atoms with Gasteiger partial charge in [0.1, 0.15) is 0 Å². The van der Waals surface area contributed by atoms with Gasteiger partial charge in [0.05, 0.1) is 0 Å². The summed E-state index contributed by atoms with van der Waals surface area (Å²) in [4.78, 5) is 2.68. The summed E-state index contributed by atoms with van der Waals surface area (Å²) in [6.45, 7) is 15.3. The van der Waals surface area contributed by atoms with Crippen LogP contribution in [0.5, 0.6) is 0 Å². The Morgan fingerprint density at radius 2 is 1.81 bits per heavy atom. The molecule has 0 aromatic heterocycles. The van der Waals surface area contributed by atoms with Crippen molar-refractivity contribution < 1.29 is 0 Å². The number of nitrogens with zero attached hydrogens (tertiary/aromatic N) is 1. The smallest absolute Gasteiger partial charge is 0.0252 e. The Morgan fingerprint density at radius 1 is 1.12 bits per heavy atom. The zero-order valence-corrected chi connectivity index (χ0v) is 11.9. The second-order valence-corrected chi connectivity index (χ2v) is 6.50. The molecule has 0 spiro atoms. The van der Waals surface area contributed by atoms with Gasteiger partial charge in [-0.25, -0.2) is 0 Å². The first-order valence-electron chi connectivity index (χ1n) is 6.87. The van der Waals surface area contributed by atoms with E-state index in [9.17, 15) is 0 Å². The van der Waals surface area contributed by atoms with E-state index in [1.807, 2.05) is 0 Å². The molecule has 0 unspecified atom stereocenters. The molecular weight excluding hydrogens is 196 g/mol. The summed E-state index contributed by atoms with van der Waals surface area (Å²) in [7, 11) is 0. The first-order chi connectivity index (χ1) is 7.37. The summed E-state index contributed by atoms with van der Waals surface area (Å²) in [5, 5.41) is 3.66. The Balaban J connectivity index is 2.59. The largest absolute Gasteiger partial charge is 0.310 e. The molecule has 1 fully saturated rings. The highest BCUT2D eigenvalue weighted by atomic mass is 15.2. The maximum atomic E-state index is 3.66. The number of nitrogens with one attached hydrogen (secondary N) is 1. The van der Waals surface area contributed by atoms with E-state index in [0.29, 0.717) is 5.54 Å². The van der Waals surface area contributed by atoms with E-state index >= 15 is 0 Å². The van der Waals surface area contributed by atoms with E-state index in [1.165, 1.54) is 38.8 Å². The van der Waals surface area contributed by atoms with Gasteiger partial charge in [-0.3, -0.25) is 4.90 Å². The Hall–Kier alpha value is -0.0800. The number of rotatable bonds is 4. The molecule has 0 aromatic carbocycles. The Labute approximate surface area is 102 Å². The third-order valence-electron chi connectivity index (χ3n) is 3.81. The third-order valence-corrected chi connectivity index (χ3v) is 3.81. The van der Waals surface area contributed by atoms with Crippen LogP contribution in [0.15, 0.2) is 0 Å². The summed E-state index contributed by atoms with van der Waals surface area (Å²) in [5.41, 5.74) is 0.620. The minimum Gasteiger partial charge on any atom is -0.310 e. The van der Waals surface area contributed by atoms with Gasteiger partial charge < -0.3 is 5.32 Å². The normalized spacial score (nSPS) is 25.3. The molecule has 1 rings (SSSR count). The molecule has 2 heteroatoms. The van der Waals surface area contributed by atoms with Crippen LogP contribution in [-0.2, 0) is 0 Å². The summed E-state index contributed by atoms with van der Waals surface area (Å²) < 4.78 is 0. The number of hydrogen-bond donors (Lipinski definition) is 1. The van der Waals surface area contributed by atoms with Crippen LogP contribution in [0, 0.1) is 0 Å². The molecule has 0 radical (unpaired) electrons. The standard InChI is InChI=1S/C14H30N2/c1-6-7-8-11-16-12-13(2,3)15-10-9-14(16,4)5/h15H,6-12H2,1-5H3. The van der Waals surface area contributed by atoms with Crippen molar-refractivity contribution in [2.75, 3.05) is 19.6 Å². The Bertz CT molecular complexity index is 209. The predicted octanol–water partition coefficient (Wildman–Crippen LogP) is 3.03. The van der Waals surface area contributed by atoms with Crippen molar-refractivity contribution in [2.24, 2.45) is 0 Å². The molecule has 0 amide bonds. The maximum absolute atomic E-state index is 3.66. The van der Waals surface area contributed by atoms with Crippen molar-refractivity contribution in [1.82, 2.24) is 10.2 Å². The van der Waals surface area contributed by atoms with E-state index < -0.39 is 0 Å². The van der Waals surface area contributed by atoms with Gasteiger partial charge in [0.15, 0.2) is 0 Å². The van der Waals surface area contributed by atoms with Gasteiger partial charge in [-0.05, 0) is 53.6 Å². The highest BCUT2D eigenvalue weighted by molar-refractivity contribution is 4.93. The molecule has 1 saturated heterocycles. The lowest BCUT2D eigenvalue weighted by Crippen LogP contribution is -2.51. The van der Waals surface area contributed by atoms with E-state index in [2.05, 4.69) is 44.8 Å². The molecule has 0 bridgehead atoms. The molecule has 2 nitrogen and oxygen atoms in total. The molecule has 0 saturated carbocycles. The zero-order chi connectivity index (χ0) is 12.2. The quantitative estimate of drug-likeness (QED) is 0.741. The van der Waals surface area contributed by atoms with Crippen LogP contribution in [0.3, 0.4) is 0 Å². The average molecular weight is 226 g/mol. The summed E-state index contributed by atoms with van der Waals surface area (Å²) in [5.74, 6) is 0. The number of hydrogen-bond acceptors (Lipinski definition) is 2. The topological polar surface area (TPSA) is 15.3 Å². The Morgan fingerprint density at radius 3 is 2.44 bits per heavy atom. The molecule has 1 N–H and O–H groups in total. The van der Waals surface area contributed by atoms with Gasteiger partial charge in [-0.15, -0.1) is 0 Å². The fraction of sp³-hybridized carbons (Fsp3) is 1.00. The summed E-state index contributed by atoms with van der Waals surface area (Å²) >= 11 is 0. The molecule has 0 aliphatic carbocycles. The van der Waals surface area contributed by atoms with Gasteiger partial charge in [0.2, 0.25) is 0 Å². The monoisotopic (exact) mass is 226 g/mol. The van der Waals surface area contributed by atoms with Crippen molar-refractivity contribution in [2.45, 2.75) is 71.4 Å². The van der Waals surface area contributed by atoms with Crippen LogP contribution >= 0.6 is 0 Å². The van der Waals surface area contributed by atoms with Crippen molar-refractivity contribution in [3.05, 3.63) is 0 Å². The first kappa shape index (κ1) is 14.0. The van der Waals surface area contributed by atoms with Crippen LogP contribution < -0.4 is 5.32 Å². The van der Waals surface area contributed by atoms with Gasteiger partial charge in [-0.2, -0.15) is 0 Å². The average Bonchev–Trinajstić information content (AvgIpc) is 2.24. The molecule has 1 heterocycles. The van der Waals surface area contributed by atoms with Gasteiger partial charge in [0.25, 0.3) is 0 Å². The molecule has 0 atom stereocenters. The summed E-state index contributed by atoms with van der Waals surface area (Å²) in [6.07, 6.45) is 5.27. The second kappa shape index (κ2) is 5.50. The van der Waals surface area contributed by atoms with Crippen LogP contribution in [0.4, 0.5) is 0 Å². The van der Waals surface area contributed by atoms with Crippen LogP contribution in [0.2, 0.25) is 0 Å².